The van der Waals surface area contributed by atoms with Crippen molar-refractivity contribution in [1.82, 2.24) is 4.31 Å². The van der Waals surface area contributed by atoms with Gasteiger partial charge < -0.3 is 0 Å². The standard InChI is InChI=1S/C13H17NO2S/c15-17(16,14-9-12-8-13(12)10-14)7-6-11-4-2-1-3-5-11/h1-5,12-13H,6-10H2. The van der Waals surface area contributed by atoms with Gasteiger partial charge in [0.15, 0.2) is 0 Å². The third-order valence-electron chi connectivity index (χ3n) is 3.83. The van der Waals surface area contributed by atoms with Crippen LogP contribution in [0.3, 0.4) is 0 Å². The summed E-state index contributed by atoms with van der Waals surface area (Å²) in [7, 11) is -3.03. The molecule has 3 rings (SSSR count). The second-order valence-electron chi connectivity index (χ2n) is 5.12. The molecule has 2 unspecified atom stereocenters. The first-order valence-corrected chi connectivity index (χ1v) is 7.78. The van der Waals surface area contributed by atoms with E-state index >= 15 is 0 Å². The van der Waals surface area contributed by atoms with Crippen molar-refractivity contribution in [3.05, 3.63) is 35.9 Å². The summed E-state index contributed by atoms with van der Waals surface area (Å²) >= 11 is 0. The van der Waals surface area contributed by atoms with Crippen LogP contribution in [0.1, 0.15) is 12.0 Å². The van der Waals surface area contributed by atoms with Crippen molar-refractivity contribution in [2.75, 3.05) is 18.8 Å². The van der Waals surface area contributed by atoms with Crippen molar-refractivity contribution < 1.29 is 8.42 Å². The SMILES string of the molecule is O=S(=O)(CCc1ccccc1)N1CC2CC2C1. The fourth-order valence-corrected chi connectivity index (χ4v) is 4.19. The highest BCUT2D eigenvalue weighted by molar-refractivity contribution is 7.89. The van der Waals surface area contributed by atoms with Crippen LogP contribution in [0.2, 0.25) is 0 Å². The van der Waals surface area contributed by atoms with E-state index in [1.165, 1.54) is 6.42 Å². The zero-order valence-corrected chi connectivity index (χ0v) is 10.6. The molecule has 1 aromatic rings. The van der Waals surface area contributed by atoms with E-state index in [4.69, 9.17) is 0 Å². The molecule has 17 heavy (non-hydrogen) atoms. The van der Waals surface area contributed by atoms with Crippen molar-refractivity contribution in [3.8, 4) is 0 Å². The lowest BCUT2D eigenvalue weighted by molar-refractivity contribution is 0.442. The highest BCUT2D eigenvalue weighted by Gasteiger charge is 2.48. The minimum absolute atomic E-state index is 0.246. The molecule has 1 saturated carbocycles. The molecule has 0 amide bonds. The Morgan fingerprint density at radius 1 is 1.12 bits per heavy atom. The van der Waals surface area contributed by atoms with Crippen molar-refractivity contribution in [1.29, 1.82) is 0 Å². The van der Waals surface area contributed by atoms with E-state index in [0.717, 1.165) is 18.7 Å². The van der Waals surface area contributed by atoms with Crippen molar-refractivity contribution in [3.63, 3.8) is 0 Å². The molecule has 1 aliphatic carbocycles. The Labute approximate surface area is 102 Å². The van der Waals surface area contributed by atoms with Crippen LogP contribution in [0.5, 0.6) is 0 Å². The zero-order valence-electron chi connectivity index (χ0n) is 9.75. The molecule has 1 aliphatic heterocycles. The number of rotatable bonds is 4. The lowest BCUT2D eigenvalue weighted by Gasteiger charge is -2.17. The molecule has 92 valence electrons. The minimum atomic E-state index is -3.03. The van der Waals surface area contributed by atoms with Crippen LogP contribution in [-0.4, -0.2) is 31.6 Å². The first-order chi connectivity index (χ1) is 8.15. The van der Waals surface area contributed by atoms with Crippen molar-refractivity contribution in [2.24, 2.45) is 11.8 Å². The summed E-state index contributed by atoms with van der Waals surface area (Å²) < 4.78 is 25.9. The number of hydrogen-bond acceptors (Lipinski definition) is 2. The Hall–Kier alpha value is -0.870. The molecule has 0 bridgehead atoms. The monoisotopic (exact) mass is 251 g/mol. The van der Waals surface area contributed by atoms with Gasteiger partial charge in [-0.2, -0.15) is 0 Å². The normalized spacial score (nSPS) is 28.0. The molecule has 0 radical (unpaired) electrons. The molecule has 3 nitrogen and oxygen atoms in total. The number of benzene rings is 1. The molecular weight excluding hydrogens is 234 g/mol. The summed E-state index contributed by atoms with van der Waals surface area (Å²) in [6, 6.07) is 9.82. The Kier molecular flexibility index (Phi) is 2.71. The predicted octanol–water partition coefficient (Wildman–Crippen LogP) is 1.51. The molecule has 0 aromatic heterocycles. The number of hydrogen-bond donors (Lipinski definition) is 0. The van der Waals surface area contributed by atoms with E-state index in [-0.39, 0.29) is 5.75 Å². The number of nitrogens with zero attached hydrogens (tertiary/aromatic N) is 1. The van der Waals surface area contributed by atoms with E-state index in [0.29, 0.717) is 18.3 Å². The Morgan fingerprint density at radius 2 is 1.76 bits per heavy atom. The molecule has 2 aliphatic rings. The van der Waals surface area contributed by atoms with Crippen molar-refractivity contribution in [2.45, 2.75) is 12.8 Å². The molecule has 1 aromatic carbocycles. The van der Waals surface area contributed by atoms with Crippen LogP contribution in [0.15, 0.2) is 30.3 Å². The Bertz CT molecular complexity index is 487. The maximum Gasteiger partial charge on any atom is 0.214 e. The second-order valence-corrected chi connectivity index (χ2v) is 7.21. The van der Waals surface area contributed by atoms with E-state index in [2.05, 4.69) is 0 Å². The second kappa shape index (κ2) is 4.10. The summed E-state index contributed by atoms with van der Waals surface area (Å²) in [4.78, 5) is 0. The van der Waals surface area contributed by atoms with Gasteiger partial charge >= 0.3 is 0 Å². The maximum absolute atomic E-state index is 12.1. The van der Waals surface area contributed by atoms with Gasteiger partial charge in [-0.15, -0.1) is 0 Å². The van der Waals surface area contributed by atoms with Crippen LogP contribution >= 0.6 is 0 Å². The van der Waals surface area contributed by atoms with Gasteiger partial charge in [0.05, 0.1) is 5.75 Å². The largest absolute Gasteiger partial charge is 0.214 e. The lowest BCUT2D eigenvalue weighted by atomic mass is 10.2. The van der Waals surface area contributed by atoms with Gasteiger partial charge in [-0.25, -0.2) is 12.7 Å². The van der Waals surface area contributed by atoms with Crippen LogP contribution in [-0.2, 0) is 16.4 Å². The summed E-state index contributed by atoms with van der Waals surface area (Å²) in [5.41, 5.74) is 1.10. The minimum Gasteiger partial charge on any atom is -0.212 e. The third-order valence-corrected chi connectivity index (χ3v) is 5.64. The maximum atomic E-state index is 12.1. The summed E-state index contributed by atoms with van der Waals surface area (Å²) in [6.45, 7) is 1.53. The molecule has 2 fully saturated rings. The average Bonchev–Trinajstić information content (AvgIpc) is 2.95. The van der Waals surface area contributed by atoms with E-state index < -0.39 is 10.0 Å². The molecule has 1 saturated heterocycles. The molecule has 0 spiro atoms. The Balaban J connectivity index is 1.60. The topological polar surface area (TPSA) is 37.4 Å². The summed E-state index contributed by atoms with van der Waals surface area (Å²) in [6.07, 6.45) is 1.86. The third kappa shape index (κ3) is 2.38. The number of fused-ring (bicyclic) bond motifs is 1. The number of aryl methyl sites for hydroxylation is 1. The molecule has 0 N–H and O–H groups in total. The van der Waals surface area contributed by atoms with Gasteiger partial charge in [-0.1, -0.05) is 30.3 Å². The van der Waals surface area contributed by atoms with Crippen LogP contribution in [0.25, 0.3) is 0 Å². The molecule has 1 heterocycles. The zero-order chi connectivity index (χ0) is 11.9. The van der Waals surface area contributed by atoms with E-state index in [1.54, 1.807) is 4.31 Å². The molecule has 2 atom stereocenters. The highest BCUT2D eigenvalue weighted by atomic mass is 32.2. The quantitative estimate of drug-likeness (QED) is 0.813. The summed E-state index contributed by atoms with van der Waals surface area (Å²) in [5, 5.41) is 0. The van der Waals surface area contributed by atoms with Crippen LogP contribution in [0.4, 0.5) is 0 Å². The smallest absolute Gasteiger partial charge is 0.212 e. The molecule has 4 heteroatoms. The van der Waals surface area contributed by atoms with Gasteiger partial charge in [0, 0.05) is 13.1 Å². The number of sulfonamides is 1. The van der Waals surface area contributed by atoms with Gasteiger partial charge in [-0.3, -0.25) is 0 Å². The first-order valence-electron chi connectivity index (χ1n) is 6.17. The highest BCUT2D eigenvalue weighted by Crippen LogP contribution is 2.45. The fourth-order valence-electron chi connectivity index (χ4n) is 2.60. The molecular formula is C13H17NO2S. The fraction of sp³-hybridized carbons (Fsp3) is 0.538. The van der Waals surface area contributed by atoms with Gasteiger partial charge in [0.25, 0.3) is 0 Å². The first kappa shape index (κ1) is 11.2. The lowest BCUT2D eigenvalue weighted by Crippen LogP contribution is -2.33. The van der Waals surface area contributed by atoms with Crippen LogP contribution < -0.4 is 0 Å². The van der Waals surface area contributed by atoms with E-state index in [9.17, 15) is 8.42 Å². The van der Waals surface area contributed by atoms with Crippen molar-refractivity contribution >= 4 is 10.0 Å². The van der Waals surface area contributed by atoms with Crippen LogP contribution in [0, 0.1) is 11.8 Å². The van der Waals surface area contributed by atoms with Gasteiger partial charge in [0.2, 0.25) is 10.0 Å². The predicted molar refractivity (Wildman–Crippen MR) is 67.1 cm³/mol. The van der Waals surface area contributed by atoms with E-state index in [1.807, 2.05) is 30.3 Å². The van der Waals surface area contributed by atoms with Gasteiger partial charge in [0.1, 0.15) is 0 Å². The average molecular weight is 251 g/mol. The Morgan fingerprint density at radius 3 is 2.41 bits per heavy atom. The summed E-state index contributed by atoms with van der Waals surface area (Å²) in [5.74, 6) is 1.58. The number of piperidine rings is 1. The van der Waals surface area contributed by atoms with Gasteiger partial charge in [-0.05, 0) is 30.2 Å².